The molecule has 0 saturated carbocycles. The Morgan fingerprint density at radius 3 is 2.86 bits per heavy atom. The Balaban J connectivity index is 1.98. The third-order valence-corrected chi connectivity index (χ3v) is 4.53. The van der Waals surface area contributed by atoms with Crippen LogP contribution >= 0.6 is 46.8 Å². The number of nitrogens with one attached hydrogen (secondary N) is 1. The predicted molar refractivity (Wildman–Crippen MR) is 90.2 cm³/mol. The van der Waals surface area contributed by atoms with Crippen LogP contribution in [0.3, 0.4) is 0 Å². The highest BCUT2D eigenvalue weighted by molar-refractivity contribution is 7.71. The number of hydrogen-bond donors (Lipinski definition) is 1. The molecule has 0 unspecified atom stereocenters. The summed E-state index contributed by atoms with van der Waals surface area (Å²) in [4.78, 5) is 0.980. The number of H-pyrrole nitrogens is 1. The quantitative estimate of drug-likeness (QED) is 0.539. The Bertz CT molecular complexity index is 849. The Morgan fingerprint density at radius 2 is 2.14 bits per heavy atom. The first-order valence-corrected chi connectivity index (χ1v) is 7.90. The van der Waals surface area contributed by atoms with E-state index in [-0.39, 0.29) is 0 Å². The van der Waals surface area contributed by atoms with Crippen LogP contribution in [-0.2, 0) is 0 Å². The Kier molecular flexibility index (Phi) is 4.21. The van der Waals surface area contributed by atoms with E-state index in [1.54, 1.807) is 34.4 Å². The van der Waals surface area contributed by atoms with Crippen molar-refractivity contribution in [1.82, 2.24) is 14.9 Å². The van der Waals surface area contributed by atoms with Crippen LogP contribution in [0.1, 0.15) is 5.56 Å². The molecule has 3 rings (SSSR count). The van der Waals surface area contributed by atoms with Gasteiger partial charge in [-0.15, -0.1) is 11.3 Å². The van der Waals surface area contributed by atoms with Gasteiger partial charge in [-0.05, 0) is 41.4 Å². The molecule has 0 amide bonds. The molecule has 4 nitrogen and oxygen atoms in total. The SMILES string of the molecule is S=c1[nH]nc(-c2cccs2)n1/N=C\c1ccc(Cl)c(Cl)c1. The first-order valence-electron chi connectivity index (χ1n) is 5.86. The lowest BCUT2D eigenvalue weighted by molar-refractivity contribution is 0.873. The Morgan fingerprint density at radius 1 is 1.29 bits per heavy atom. The van der Waals surface area contributed by atoms with Crippen molar-refractivity contribution >= 4 is 53.0 Å². The van der Waals surface area contributed by atoms with Crippen LogP contribution in [-0.4, -0.2) is 21.1 Å². The summed E-state index contributed by atoms with van der Waals surface area (Å²) in [6, 6.07) is 9.19. The van der Waals surface area contributed by atoms with Gasteiger partial charge in [0.25, 0.3) is 0 Å². The van der Waals surface area contributed by atoms with Gasteiger partial charge in [0, 0.05) is 0 Å². The molecule has 0 aliphatic rings. The fraction of sp³-hybridized carbons (Fsp3) is 0. The van der Waals surface area contributed by atoms with Gasteiger partial charge in [0.1, 0.15) is 0 Å². The lowest BCUT2D eigenvalue weighted by Crippen LogP contribution is -1.93. The standard InChI is InChI=1S/C13H8Cl2N4S2/c14-9-4-3-8(6-10(9)15)7-16-19-12(17-18-13(19)20)11-2-1-5-21-11/h1-7H,(H,18,20)/b16-7-. The predicted octanol–water partition coefficient (Wildman–Crippen LogP) is 4.86. The van der Waals surface area contributed by atoms with Crippen LogP contribution in [0.15, 0.2) is 40.8 Å². The van der Waals surface area contributed by atoms with Crippen molar-refractivity contribution in [3.8, 4) is 10.7 Å². The van der Waals surface area contributed by atoms with Crippen LogP contribution in [0.25, 0.3) is 10.7 Å². The highest BCUT2D eigenvalue weighted by atomic mass is 35.5. The second-order valence-corrected chi connectivity index (χ2v) is 6.21. The topological polar surface area (TPSA) is 46.0 Å². The average Bonchev–Trinajstić information content (AvgIpc) is 3.10. The normalized spacial score (nSPS) is 11.3. The summed E-state index contributed by atoms with van der Waals surface area (Å²) in [6.07, 6.45) is 1.66. The number of aromatic amines is 1. The molecule has 106 valence electrons. The third-order valence-electron chi connectivity index (χ3n) is 2.66. The number of nitrogens with zero attached hydrogens (tertiary/aromatic N) is 3. The minimum Gasteiger partial charge on any atom is -0.250 e. The van der Waals surface area contributed by atoms with Crippen molar-refractivity contribution in [1.29, 1.82) is 0 Å². The van der Waals surface area contributed by atoms with Crippen molar-refractivity contribution in [3.63, 3.8) is 0 Å². The maximum absolute atomic E-state index is 5.98. The van der Waals surface area contributed by atoms with Crippen molar-refractivity contribution in [2.45, 2.75) is 0 Å². The van der Waals surface area contributed by atoms with Gasteiger partial charge in [-0.25, -0.2) is 5.10 Å². The summed E-state index contributed by atoms with van der Waals surface area (Å²) in [5.74, 6) is 0.673. The highest BCUT2D eigenvalue weighted by Gasteiger charge is 2.08. The van der Waals surface area contributed by atoms with E-state index in [0.29, 0.717) is 20.6 Å². The molecule has 2 aromatic heterocycles. The van der Waals surface area contributed by atoms with E-state index >= 15 is 0 Å². The van der Waals surface area contributed by atoms with Crippen LogP contribution in [0, 0.1) is 4.77 Å². The first-order chi connectivity index (χ1) is 10.1. The number of rotatable bonds is 3. The summed E-state index contributed by atoms with van der Waals surface area (Å²) < 4.78 is 2.00. The number of halogens is 2. The molecule has 8 heteroatoms. The molecular formula is C13H8Cl2N4S2. The molecule has 0 spiro atoms. The zero-order valence-electron chi connectivity index (χ0n) is 10.5. The molecule has 1 N–H and O–H groups in total. The number of benzene rings is 1. The summed E-state index contributed by atoms with van der Waals surface area (Å²) in [5, 5.41) is 14.3. The monoisotopic (exact) mass is 354 g/mol. The maximum Gasteiger partial charge on any atom is 0.216 e. The molecule has 2 heterocycles. The summed E-state index contributed by atoms with van der Waals surface area (Å²) in [5.41, 5.74) is 0.824. The van der Waals surface area contributed by atoms with Crippen LogP contribution < -0.4 is 0 Å². The zero-order valence-corrected chi connectivity index (χ0v) is 13.6. The number of aromatic nitrogens is 3. The zero-order chi connectivity index (χ0) is 14.8. The molecule has 21 heavy (non-hydrogen) atoms. The molecule has 0 fully saturated rings. The first kappa shape index (κ1) is 14.5. The van der Waals surface area contributed by atoms with E-state index in [0.717, 1.165) is 10.4 Å². The van der Waals surface area contributed by atoms with Crippen LogP contribution in [0.4, 0.5) is 0 Å². The number of thiophene rings is 1. The molecule has 0 bridgehead atoms. The van der Waals surface area contributed by atoms with Gasteiger partial charge in [-0.2, -0.15) is 14.9 Å². The Labute approximate surface area is 139 Å². The van der Waals surface area contributed by atoms with Crippen molar-refractivity contribution in [2.24, 2.45) is 5.10 Å². The van der Waals surface area contributed by atoms with E-state index in [4.69, 9.17) is 35.4 Å². The van der Waals surface area contributed by atoms with Gasteiger partial charge in [-0.3, -0.25) is 0 Å². The lowest BCUT2D eigenvalue weighted by atomic mass is 10.2. The molecule has 0 aliphatic carbocycles. The smallest absolute Gasteiger partial charge is 0.216 e. The average molecular weight is 355 g/mol. The van der Waals surface area contributed by atoms with Crippen LogP contribution in [0.5, 0.6) is 0 Å². The summed E-state index contributed by atoms with van der Waals surface area (Å²) in [7, 11) is 0. The fourth-order valence-electron chi connectivity index (χ4n) is 1.68. The van der Waals surface area contributed by atoms with E-state index in [1.165, 1.54) is 0 Å². The van der Waals surface area contributed by atoms with Crippen molar-refractivity contribution < 1.29 is 0 Å². The lowest BCUT2D eigenvalue weighted by Gasteiger charge is -1.99. The van der Waals surface area contributed by atoms with Gasteiger partial charge >= 0.3 is 0 Å². The minimum absolute atomic E-state index is 0.426. The second kappa shape index (κ2) is 6.11. The molecule has 0 atom stereocenters. The maximum atomic E-state index is 5.98. The molecular weight excluding hydrogens is 347 g/mol. The van der Waals surface area contributed by atoms with Gasteiger partial charge < -0.3 is 0 Å². The van der Waals surface area contributed by atoms with Gasteiger partial charge in [0.15, 0.2) is 5.82 Å². The molecule has 1 aromatic carbocycles. The summed E-state index contributed by atoms with van der Waals surface area (Å²) in [6.45, 7) is 0. The highest BCUT2D eigenvalue weighted by Crippen LogP contribution is 2.23. The molecule has 0 saturated heterocycles. The summed E-state index contributed by atoms with van der Waals surface area (Å²) >= 11 is 18.6. The Hall–Kier alpha value is -1.47. The van der Waals surface area contributed by atoms with Crippen molar-refractivity contribution in [2.75, 3.05) is 0 Å². The van der Waals surface area contributed by atoms with Gasteiger partial charge in [0.05, 0.1) is 21.1 Å². The molecule has 3 aromatic rings. The largest absolute Gasteiger partial charge is 0.250 e. The second-order valence-electron chi connectivity index (χ2n) is 4.06. The van der Waals surface area contributed by atoms with E-state index in [1.807, 2.05) is 23.6 Å². The van der Waals surface area contributed by atoms with E-state index in [9.17, 15) is 0 Å². The van der Waals surface area contributed by atoms with Gasteiger partial charge in [-0.1, -0.05) is 35.3 Å². The minimum atomic E-state index is 0.426. The molecule has 0 radical (unpaired) electrons. The van der Waals surface area contributed by atoms with Crippen LogP contribution in [0.2, 0.25) is 10.0 Å². The third kappa shape index (κ3) is 3.08. The van der Waals surface area contributed by atoms with Gasteiger partial charge in [0.2, 0.25) is 4.77 Å². The van der Waals surface area contributed by atoms with E-state index < -0.39 is 0 Å². The molecule has 0 aliphatic heterocycles. The fourth-order valence-corrected chi connectivity index (χ4v) is 2.87. The van der Waals surface area contributed by atoms with Crippen molar-refractivity contribution in [3.05, 3.63) is 56.1 Å². The van der Waals surface area contributed by atoms with E-state index in [2.05, 4.69) is 15.3 Å². The number of hydrogen-bond acceptors (Lipinski definition) is 4.